The van der Waals surface area contributed by atoms with Crippen molar-refractivity contribution in [2.75, 3.05) is 13.7 Å². The van der Waals surface area contributed by atoms with Crippen LogP contribution in [0, 0.1) is 0 Å². The maximum Gasteiger partial charge on any atom is 0.326 e. The van der Waals surface area contributed by atoms with Crippen molar-refractivity contribution < 1.29 is 9.53 Å². The second-order valence-corrected chi connectivity index (χ2v) is 4.27. The van der Waals surface area contributed by atoms with Gasteiger partial charge in [-0.15, -0.1) is 0 Å². The molecule has 86 valence electrons. The largest absolute Gasteiger partial charge is 0.468 e. The van der Waals surface area contributed by atoms with Gasteiger partial charge in [-0.05, 0) is 24.9 Å². The molecule has 1 atom stereocenters. The van der Waals surface area contributed by atoms with Crippen molar-refractivity contribution in [1.29, 1.82) is 0 Å². The second kappa shape index (κ2) is 4.66. The van der Waals surface area contributed by atoms with Gasteiger partial charge in [-0.25, -0.2) is 0 Å². The highest BCUT2D eigenvalue weighted by Gasteiger charge is 2.41. The summed E-state index contributed by atoms with van der Waals surface area (Å²) in [5.41, 5.74) is 0.665. The third kappa shape index (κ3) is 2.09. The number of hydrogen-bond donors (Lipinski definition) is 1. The van der Waals surface area contributed by atoms with Crippen molar-refractivity contribution >= 4 is 5.97 Å². The van der Waals surface area contributed by atoms with Crippen LogP contribution in [0.2, 0.25) is 0 Å². The number of carbonyl (C=O) groups excluding carboxylic acids is 1. The van der Waals surface area contributed by atoms with Crippen molar-refractivity contribution in [2.45, 2.75) is 24.8 Å². The summed E-state index contributed by atoms with van der Waals surface area (Å²) in [6, 6.07) is 10.1. The summed E-state index contributed by atoms with van der Waals surface area (Å²) in [5, 5.41) is 3.29. The lowest BCUT2D eigenvalue weighted by Gasteiger charge is -2.26. The molecule has 1 aromatic carbocycles. The quantitative estimate of drug-likeness (QED) is 0.783. The van der Waals surface area contributed by atoms with Crippen LogP contribution in [0.15, 0.2) is 30.3 Å². The Labute approximate surface area is 95.8 Å². The molecule has 1 fully saturated rings. The minimum absolute atomic E-state index is 0.145. The highest BCUT2D eigenvalue weighted by atomic mass is 16.5. The van der Waals surface area contributed by atoms with Gasteiger partial charge >= 0.3 is 5.97 Å². The number of nitrogens with one attached hydrogen (secondary N) is 1. The van der Waals surface area contributed by atoms with Crippen LogP contribution in [-0.4, -0.2) is 25.2 Å². The summed E-state index contributed by atoms with van der Waals surface area (Å²) in [7, 11) is 1.45. The topological polar surface area (TPSA) is 38.3 Å². The predicted molar refractivity (Wildman–Crippen MR) is 62.1 cm³/mol. The van der Waals surface area contributed by atoms with Crippen molar-refractivity contribution in [3.05, 3.63) is 35.9 Å². The normalized spacial score (nSPS) is 24.3. The van der Waals surface area contributed by atoms with E-state index in [0.29, 0.717) is 6.42 Å². The molecule has 0 bridgehead atoms. The summed E-state index contributed by atoms with van der Waals surface area (Å²) >= 11 is 0. The summed E-state index contributed by atoms with van der Waals surface area (Å²) in [6.07, 6.45) is 2.59. The average Bonchev–Trinajstić information content (AvgIpc) is 2.79. The maximum absolute atomic E-state index is 11.9. The summed E-state index contributed by atoms with van der Waals surface area (Å²) in [5.74, 6) is -0.145. The highest BCUT2D eigenvalue weighted by molar-refractivity contribution is 5.81. The van der Waals surface area contributed by atoms with Gasteiger partial charge in [-0.3, -0.25) is 4.79 Å². The third-order valence-electron chi connectivity index (χ3n) is 3.17. The number of benzene rings is 1. The predicted octanol–water partition coefficient (Wildman–Crippen LogP) is 1.52. The van der Waals surface area contributed by atoms with Gasteiger partial charge in [-0.1, -0.05) is 30.3 Å². The first-order valence-electron chi connectivity index (χ1n) is 5.64. The first-order chi connectivity index (χ1) is 7.77. The maximum atomic E-state index is 11.9. The summed E-state index contributed by atoms with van der Waals surface area (Å²) < 4.78 is 4.91. The number of carbonyl (C=O) groups is 1. The molecule has 1 aliphatic rings. The molecular formula is C13H17NO2. The first kappa shape index (κ1) is 11.1. The lowest BCUT2D eigenvalue weighted by molar-refractivity contribution is -0.148. The zero-order valence-electron chi connectivity index (χ0n) is 9.53. The number of ether oxygens (including phenoxy) is 1. The molecule has 3 nitrogen and oxygen atoms in total. The fourth-order valence-corrected chi connectivity index (χ4v) is 2.34. The third-order valence-corrected chi connectivity index (χ3v) is 3.17. The van der Waals surface area contributed by atoms with E-state index in [1.807, 2.05) is 30.3 Å². The molecule has 3 heteroatoms. The van der Waals surface area contributed by atoms with Crippen molar-refractivity contribution in [3.63, 3.8) is 0 Å². The lowest BCUT2D eigenvalue weighted by Crippen LogP contribution is -2.50. The zero-order valence-corrected chi connectivity index (χ0v) is 9.53. The Hall–Kier alpha value is -1.35. The number of hydrogen-bond acceptors (Lipinski definition) is 3. The van der Waals surface area contributed by atoms with Gasteiger partial charge in [-0.2, -0.15) is 0 Å². The molecule has 0 saturated carbocycles. The smallest absolute Gasteiger partial charge is 0.326 e. The summed E-state index contributed by atoms with van der Waals surface area (Å²) in [6.45, 7) is 0.891. The molecule has 1 saturated heterocycles. The Morgan fingerprint density at radius 1 is 1.44 bits per heavy atom. The van der Waals surface area contributed by atoms with E-state index >= 15 is 0 Å². The molecule has 0 radical (unpaired) electrons. The van der Waals surface area contributed by atoms with E-state index in [1.165, 1.54) is 12.7 Å². The monoisotopic (exact) mass is 219 g/mol. The second-order valence-electron chi connectivity index (χ2n) is 4.27. The van der Waals surface area contributed by atoms with E-state index in [-0.39, 0.29) is 5.97 Å². The molecule has 16 heavy (non-hydrogen) atoms. The van der Waals surface area contributed by atoms with E-state index in [0.717, 1.165) is 19.4 Å². The molecule has 1 heterocycles. The molecule has 1 aliphatic heterocycles. The standard InChI is InChI=1S/C13H17NO2/c1-16-12(15)13(8-5-9-14-13)10-11-6-3-2-4-7-11/h2-4,6-7,14H,5,8-10H2,1H3/t13-/m1/s1. The Kier molecular flexibility index (Phi) is 3.25. The van der Waals surface area contributed by atoms with Crippen LogP contribution in [0.25, 0.3) is 0 Å². The lowest BCUT2D eigenvalue weighted by atomic mass is 9.89. The molecule has 2 rings (SSSR count). The van der Waals surface area contributed by atoms with Crippen LogP contribution in [0.5, 0.6) is 0 Å². The Balaban J connectivity index is 2.18. The van der Waals surface area contributed by atoms with Crippen LogP contribution >= 0.6 is 0 Å². The van der Waals surface area contributed by atoms with E-state index in [4.69, 9.17) is 4.74 Å². The minimum atomic E-state index is -0.504. The SMILES string of the molecule is COC(=O)[C@]1(Cc2ccccc2)CCCN1. The van der Waals surface area contributed by atoms with Crippen LogP contribution in [0.3, 0.4) is 0 Å². The fraction of sp³-hybridized carbons (Fsp3) is 0.462. The van der Waals surface area contributed by atoms with Gasteiger partial charge in [0.1, 0.15) is 5.54 Å². The number of methoxy groups -OCH3 is 1. The molecule has 0 aromatic heterocycles. The first-order valence-corrected chi connectivity index (χ1v) is 5.64. The highest BCUT2D eigenvalue weighted by Crippen LogP contribution is 2.25. The Morgan fingerprint density at radius 3 is 2.75 bits per heavy atom. The van der Waals surface area contributed by atoms with Crippen LogP contribution < -0.4 is 5.32 Å². The molecule has 0 aliphatic carbocycles. The van der Waals surface area contributed by atoms with Gasteiger partial charge in [0, 0.05) is 6.42 Å². The van der Waals surface area contributed by atoms with Crippen LogP contribution in [0.1, 0.15) is 18.4 Å². The molecule has 0 spiro atoms. The fourth-order valence-electron chi connectivity index (χ4n) is 2.34. The van der Waals surface area contributed by atoms with Crippen LogP contribution in [-0.2, 0) is 16.0 Å². The van der Waals surface area contributed by atoms with Gasteiger partial charge in [0.25, 0.3) is 0 Å². The number of rotatable bonds is 3. The van der Waals surface area contributed by atoms with Gasteiger partial charge in [0.05, 0.1) is 7.11 Å². The van der Waals surface area contributed by atoms with Crippen molar-refractivity contribution in [3.8, 4) is 0 Å². The zero-order chi connectivity index (χ0) is 11.4. The van der Waals surface area contributed by atoms with E-state index in [1.54, 1.807) is 0 Å². The molecule has 0 amide bonds. The van der Waals surface area contributed by atoms with Crippen molar-refractivity contribution in [1.82, 2.24) is 5.32 Å². The van der Waals surface area contributed by atoms with Gasteiger partial charge in [0.15, 0.2) is 0 Å². The van der Waals surface area contributed by atoms with Gasteiger partial charge < -0.3 is 10.1 Å². The molecule has 1 aromatic rings. The molecule has 1 N–H and O–H groups in total. The van der Waals surface area contributed by atoms with Crippen LogP contribution in [0.4, 0.5) is 0 Å². The Morgan fingerprint density at radius 2 is 2.19 bits per heavy atom. The number of esters is 1. The Bertz CT molecular complexity index is 355. The average molecular weight is 219 g/mol. The summed E-state index contributed by atoms with van der Waals surface area (Å²) in [4.78, 5) is 11.9. The molecule has 0 unspecified atom stereocenters. The van der Waals surface area contributed by atoms with E-state index in [2.05, 4.69) is 5.32 Å². The van der Waals surface area contributed by atoms with Crippen molar-refractivity contribution in [2.24, 2.45) is 0 Å². The van der Waals surface area contributed by atoms with Gasteiger partial charge in [0.2, 0.25) is 0 Å². The minimum Gasteiger partial charge on any atom is -0.468 e. The molecular weight excluding hydrogens is 202 g/mol. The van der Waals surface area contributed by atoms with E-state index < -0.39 is 5.54 Å². The van der Waals surface area contributed by atoms with E-state index in [9.17, 15) is 4.79 Å².